The molecule has 0 saturated heterocycles. The summed E-state index contributed by atoms with van der Waals surface area (Å²) in [6.45, 7) is 38.0. The van der Waals surface area contributed by atoms with E-state index in [4.69, 9.17) is 8.83 Å². The van der Waals surface area contributed by atoms with E-state index >= 15 is 0 Å². The Morgan fingerprint density at radius 3 is 0.887 bits per heavy atom. The van der Waals surface area contributed by atoms with E-state index in [0.717, 1.165) is 67.2 Å². The average Bonchev–Trinajstić information content (AvgIpc) is 1.88. The molecule has 0 fully saturated rings. The first-order valence-electron chi connectivity index (χ1n) is 28.9. The first kappa shape index (κ1) is 52.0. The summed E-state index contributed by atoms with van der Waals surface area (Å²) in [5.74, 6) is 0. The van der Waals surface area contributed by atoms with E-state index < -0.39 is 16.1 Å². The van der Waals surface area contributed by atoms with Crippen LogP contribution in [0.4, 0.5) is 34.1 Å². The zero-order chi connectivity index (χ0) is 56.4. The molecule has 80 heavy (non-hydrogen) atoms. The van der Waals surface area contributed by atoms with Crippen LogP contribution in [0.1, 0.15) is 105 Å². The van der Waals surface area contributed by atoms with Crippen LogP contribution >= 0.6 is 0 Å². The monoisotopic (exact) mass is 1080 g/mol. The fraction of sp³-hybridized carbons (Fsp3) is 0.270. The molecule has 0 radical (unpaired) electrons. The molecule has 0 unspecified atom stereocenters. The summed E-state index contributed by atoms with van der Waals surface area (Å²) in [7, 11) is -5.09. The van der Waals surface area contributed by atoms with E-state index in [2.05, 4.69) is 289 Å². The van der Waals surface area contributed by atoms with Crippen LogP contribution in [-0.4, -0.2) is 16.1 Å². The molecule has 4 nitrogen and oxygen atoms in total. The fourth-order valence-corrected chi connectivity index (χ4v) is 22.0. The lowest BCUT2D eigenvalue weighted by atomic mass is 9.86. The average molecular weight is 1080 g/mol. The highest BCUT2D eigenvalue weighted by Crippen LogP contribution is 2.51. The minimum absolute atomic E-state index is 0.0177. The number of fused-ring (bicyclic) bond motifs is 15. The zero-order valence-electron chi connectivity index (χ0n) is 49.9. The van der Waals surface area contributed by atoms with E-state index in [1.807, 2.05) is 0 Å². The van der Waals surface area contributed by atoms with Gasteiger partial charge in [0.05, 0.1) is 11.4 Å². The zero-order valence-corrected chi connectivity index (χ0v) is 51.9. The predicted octanol–water partition coefficient (Wildman–Crippen LogP) is 19.2. The van der Waals surface area contributed by atoms with Gasteiger partial charge >= 0.3 is 0 Å². The molecule has 9 aromatic carbocycles. The van der Waals surface area contributed by atoms with Gasteiger partial charge in [0, 0.05) is 44.3 Å². The molecule has 11 aromatic rings. The van der Waals surface area contributed by atoms with E-state index in [0.29, 0.717) is 0 Å². The van der Waals surface area contributed by atoms with Gasteiger partial charge in [-0.05, 0) is 160 Å². The third kappa shape index (κ3) is 7.94. The normalized spacial score (nSPS) is 14.7. The fourth-order valence-electron chi connectivity index (χ4n) is 13.5. The Labute approximate surface area is 476 Å². The first-order valence-corrected chi connectivity index (χ1v) is 34.9. The Hall–Kier alpha value is -7.39. The van der Waals surface area contributed by atoms with Gasteiger partial charge < -0.3 is 18.6 Å². The number of hydrogen-bond acceptors (Lipinski definition) is 4. The van der Waals surface area contributed by atoms with Crippen molar-refractivity contribution in [3.8, 4) is 22.3 Å². The van der Waals surface area contributed by atoms with E-state index in [1.165, 1.54) is 65.7 Å². The summed E-state index contributed by atoms with van der Waals surface area (Å²) in [4.78, 5) is 4.94. The van der Waals surface area contributed by atoms with Gasteiger partial charge in [0.1, 0.15) is 27.3 Å². The Morgan fingerprint density at radius 2 is 0.613 bits per heavy atom. The van der Waals surface area contributed by atoms with Crippen LogP contribution in [0.3, 0.4) is 0 Å². The Kier molecular flexibility index (Phi) is 11.4. The highest BCUT2D eigenvalue weighted by atomic mass is 28.3. The molecule has 2 aliphatic rings. The van der Waals surface area contributed by atoms with E-state index in [-0.39, 0.29) is 21.7 Å². The number of hydrogen-bond donors (Lipinski definition) is 0. The molecular formula is C74H76N2O2Si2. The van der Waals surface area contributed by atoms with Crippen molar-refractivity contribution in [3.63, 3.8) is 0 Å². The Morgan fingerprint density at radius 1 is 0.338 bits per heavy atom. The SMILES string of the molecule is CC(C)(C)c1ccc(N(c2ccc(C(C)(C)C)cc2)c2cc3c(c4c2oc2ccccc24)-c2ccc4c(c2[Si]3(C)C)[Si](C)(C)c2cc(N(c3ccc(C(C)(C)C)cc3)c3ccc(C(C)(C)C)cc3)c3oc5ccccc5c3c2-4)cc1. The number of nitrogens with zero attached hydrogens (tertiary/aromatic N) is 2. The number of para-hydroxylation sites is 2. The second-order valence-electron chi connectivity index (χ2n) is 28.3. The van der Waals surface area contributed by atoms with Crippen molar-refractivity contribution >= 4 is 115 Å². The van der Waals surface area contributed by atoms with Crippen molar-refractivity contribution < 1.29 is 8.83 Å². The van der Waals surface area contributed by atoms with Gasteiger partial charge in [0.25, 0.3) is 0 Å². The van der Waals surface area contributed by atoms with Gasteiger partial charge in [-0.3, -0.25) is 0 Å². The maximum absolute atomic E-state index is 7.26. The Bertz CT molecular complexity index is 3900. The van der Waals surface area contributed by atoms with Crippen molar-refractivity contribution in [2.24, 2.45) is 0 Å². The Balaban J connectivity index is 1.06. The molecule has 2 aromatic heterocycles. The van der Waals surface area contributed by atoms with Crippen LogP contribution in [0.15, 0.2) is 179 Å². The molecule has 4 heterocycles. The molecule has 2 aliphatic heterocycles. The molecule has 0 atom stereocenters. The predicted molar refractivity (Wildman–Crippen MR) is 350 cm³/mol. The highest BCUT2D eigenvalue weighted by Gasteiger charge is 2.50. The first-order chi connectivity index (χ1) is 37.7. The lowest BCUT2D eigenvalue weighted by Crippen LogP contribution is -2.63. The third-order valence-electron chi connectivity index (χ3n) is 18.0. The van der Waals surface area contributed by atoms with Gasteiger partial charge in [-0.1, -0.05) is 206 Å². The van der Waals surface area contributed by atoms with Gasteiger partial charge in [0.2, 0.25) is 0 Å². The second kappa shape index (κ2) is 17.6. The molecule has 0 spiro atoms. The standard InChI is InChI=1S/C74H76N2O2Si2/c1-71(2,3)45-25-33-49(34-26-45)75(50-35-27-46(28-36-50)72(4,5)6)57-43-61-63(65-53-21-17-19-23-59(53)77-67(57)65)55-41-42-56-64-62(80(15,16)70(56)69(55)79(61,13)14)44-58(68-66(64)54-22-18-20-24-60(54)78-68)76(51-37-29-47(30-38-51)73(7,8)9)52-39-31-48(32-40-52)74(10,11)12/h17-44H,1-16H3. The van der Waals surface area contributed by atoms with Crippen LogP contribution < -0.4 is 30.5 Å². The third-order valence-corrected chi connectivity index (χ3v) is 25.3. The number of benzene rings is 9. The molecule has 0 bridgehead atoms. The van der Waals surface area contributed by atoms with Crippen molar-refractivity contribution in [3.05, 3.63) is 192 Å². The van der Waals surface area contributed by atoms with Crippen molar-refractivity contribution in [1.29, 1.82) is 0 Å². The van der Waals surface area contributed by atoms with Gasteiger partial charge in [-0.2, -0.15) is 0 Å². The van der Waals surface area contributed by atoms with E-state index in [1.54, 1.807) is 10.4 Å². The van der Waals surface area contributed by atoms with Gasteiger partial charge in [-0.15, -0.1) is 0 Å². The molecule has 0 aliphatic carbocycles. The van der Waals surface area contributed by atoms with Gasteiger partial charge in [0.15, 0.2) is 11.2 Å². The summed E-state index contributed by atoms with van der Waals surface area (Å²) in [5, 5.41) is 10.8. The maximum Gasteiger partial charge on any atom is 0.160 e. The summed E-state index contributed by atoms with van der Waals surface area (Å²) in [6.07, 6.45) is 0. The minimum atomic E-state index is -2.55. The molecule has 402 valence electrons. The molecule has 6 heteroatoms. The van der Waals surface area contributed by atoms with Crippen molar-refractivity contribution in [1.82, 2.24) is 0 Å². The van der Waals surface area contributed by atoms with Crippen LogP contribution in [0.25, 0.3) is 66.1 Å². The van der Waals surface area contributed by atoms with Crippen LogP contribution in [-0.2, 0) is 21.7 Å². The topological polar surface area (TPSA) is 32.8 Å². The largest absolute Gasteiger partial charge is 0.454 e. The summed E-state index contributed by atoms with van der Waals surface area (Å²) in [5.41, 5.74) is 21.0. The maximum atomic E-state index is 7.26. The minimum Gasteiger partial charge on any atom is -0.454 e. The lowest BCUT2D eigenvalue weighted by molar-refractivity contribution is 0.590. The molecule has 13 rings (SSSR count). The molecule has 0 amide bonds. The van der Waals surface area contributed by atoms with Crippen LogP contribution in [0.2, 0.25) is 26.2 Å². The lowest BCUT2D eigenvalue weighted by Gasteiger charge is -2.31. The quantitative estimate of drug-likeness (QED) is 0.155. The second-order valence-corrected chi connectivity index (χ2v) is 36.8. The number of furan rings is 2. The molecule has 0 saturated carbocycles. The van der Waals surface area contributed by atoms with Crippen LogP contribution in [0, 0.1) is 0 Å². The number of rotatable bonds is 6. The smallest absolute Gasteiger partial charge is 0.160 e. The summed E-state index contributed by atoms with van der Waals surface area (Å²) < 4.78 is 14.5. The summed E-state index contributed by atoms with van der Waals surface area (Å²) >= 11 is 0. The van der Waals surface area contributed by atoms with Crippen molar-refractivity contribution in [2.45, 2.75) is 131 Å². The molecule has 0 N–H and O–H groups in total. The highest BCUT2D eigenvalue weighted by molar-refractivity contribution is 7.13. The van der Waals surface area contributed by atoms with Crippen LogP contribution in [0.5, 0.6) is 0 Å². The summed E-state index contributed by atoms with van der Waals surface area (Å²) in [6, 6.07) is 64.5. The molecular weight excluding hydrogens is 1000 g/mol. The van der Waals surface area contributed by atoms with Gasteiger partial charge in [-0.25, -0.2) is 0 Å². The number of anilines is 6. The van der Waals surface area contributed by atoms with Crippen molar-refractivity contribution in [2.75, 3.05) is 9.80 Å². The van der Waals surface area contributed by atoms with E-state index in [9.17, 15) is 0 Å².